The van der Waals surface area contributed by atoms with Gasteiger partial charge in [0.25, 0.3) is 0 Å². The summed E-state index contributed by atoms with van der Waals surface area (Å²) in [6.45, 7) is 6.65. The second-order valence-corrected chi connectivity index (χ2v) is 25.3. The van der Waals surface area contributed by atoms with Crippen LogP contribution in [0.15, 0.2) is 137 Å². The minimum atomic E-state index is -4.36. The van der Waals surface area contributed by atoms with E-state index >= 15 is 0 Å². The van der Waals surface area contributed by atoms with Gasteiger partial charge in [-0.2, -0.15) is 30.0 Å². The van der Waals surface area contributed by atoms with Gasteiger partial charge in [0.15, 0.2) is 0 Å². The Hall–Kier alpha value is -4.61. The average Bonchev–Trinajstić information content (AvgIpc) is 3.56. The third-order valence-corrected chi connectivity index (χ3v) is 18.3. The van der Waals surface area contributed by atoms with Gasteiger partial charge in [-0.1, -0.05) is 266 Å². The maximum absolute atomic E-state index is 14.7. The summed E-state index contributed by atoms with van der Waals surface area (Å²) in [5.41, 5.74) is 3.34. The third-order valence-electron chi connectivity index (χ3n) is 15.8. The van der Waals surface area contributed by atoms with Crippen LogP contribution in [0.3, 0.4) is 0 Å². The largest absolute Gasteiger partial charge is 0.389 e. The molecule has 0 bridgehead atoms. The van der Waals surface area contributed by atoms with Crippen molar-refractivity contribution in [3.63, 3.8) is 0 Å². The van der Waals surface area contributed by atoms with Crippen LogP contribution in [0, 0.1) is 0 Å². The van der Waals surface area contributed by atoms with Crippen LogP contribution in [0.4, 0.5) is 13.2 Å². The first kappa shape index (κ1) is 65.2. The number of hydrogen-bond acceptors (Lipinski definition) is 6. The van der Waals surface area contributed by atoms with E-state index < -0.39 is 44.2 Å². The zero-order valence-electron chi connectivity index (χ0n) is 48.2. The van der Waals surface area contributed by atoms with Gasteiger partial charge in [-0.25, -0.2) is 0 Å². The number of unbranched alkanes of at least 4 members (excludes halogenated alkanes) is 23. The van der Waals surface area contributed by atoms with Crippen LogP contribution in [0.5, 0.6) is 11.5 Å². The summed E-state index contributed by atoms with van der Waals surface area (Å²) in [4.78, 5) is 0.0953. The van der Waals surface area contributed by atoms with Gasteiger partial charge in [-0.05, 0) is 98.0 Å². The maximum atomic E-state index is 14.7. The van der Waals surface area contributed by atoms with Gasteiger partial charge in [0.05, 0.1) is 0 Å². The van der Waals surface area contributed by atoms with Crippen molar-refractivity contribution >= 4 is 20.2 Å². The number of halogens is 3. The second kappa shape index (κ2) is 35.3. The molecule has 79 heavy (non-hydrogen) atoms. The van der Waals surface area contributed by atoms with Gasteiger partial charge >= 0.3 is 26.4 Å². The van der Waals surface area contributed by atoms with Crippen molar-refractivity contribution < 1.29 is 38.4 Å². The number of hydrogen-bond donors (Lipinski definition) is 0. The van der Waals surface area contributed by atoms with Gasteiger partial charge in [0.2, 0.25) is 0 Å². The normalized spacial score (nSPS) is 13.3. The van der Waals surface area contributed by atoms with E-state index in [1.165, 1.54) is 51.4 Å². The van der Waals surface area contributed by atoms with E-state index in [2.05, 4.69) is 57.2 Å². The Morgan fingerprint density at radius 2 is 0.785 bits per heavy atom. The van der Waals surface area contributed by atoms with Crippen molar-refractivity contribution in [1.82, 2.24) is 0 Å². The molecule has 436 valence electrons. The molecule has 5 rings (SSSR count). The molecule has 0 amide bonds. The van der Waals surface area contributed by atoms with E-state index in [0.717, 1.165) is 131 Å². The van der Waals surface area contributed by atoms with Crippen LogP contribution in [0.25, 0.3) is 0 Å². The lowest BCUT2D eigenvalue weighted by molar-refractivity contribution is -0.135. The van der Waals surface area contributed by atoms with Crippen LogP contribution in [-0.2, 0) is 38.5 Å². The second-order valence-electron chi connectivity index (χ2n) is 22.2. The summed E-state index contributed by atoms with van der Waals surface area (Å²) in [6.07, 6.45) is 24.3. The quantitative estimate of drug-likeness (QED) is 0.0286. The van der Waals surface area contributed by atoms with E-state index in [1.54, 1.807) is 60.7 Å². The molecule has 0 spiro atoms. The molecule has 0 saturated heterocycles. The molecule has 0 aliphatic heterocycles. The molecule has 0 heterocycles. The third kappa shape index (κ3) is 22.3. The minimum absolute atomic E-state index is 0.0426. The van der Waals surface area contributed by atoms with Crippen molar-refractivity contribution in [3.8, 4) is 11.5 Å². The monoisotopic (exact) mass is 1130 g/mol. The fraction of sp³-hybridized carbons (Fsp3) is 0.559. The summed E-state index contributed by atoms with van der Waals surface area (Å²) in [6, 6.07) is 39.1. The number of aryl methyl sites for hydroxylation is 2. The Morgan fingerprint density at radius 1 is 0.405 bits per heavy atom. The van der Waals surface area contributed by atoms with E-state index in [1.807, 2.05) is 30.3 Å². The highest BCUT2D eigenvalue weighted by atomic mass is 32.2. The highest BCUT2D eigenvalue weighted by molar-refractivity contribution is 7.87. The van der Waals surface area contributed by atoms with Crippen molar-refractivity contribution in [2.45, 2.75) is 254 Å². The molecule has 0 saturated carbocycles. The lowest BCUT2D eigenvalue weighted by Crippen LogP contribution is -2.37. The lowest BCUT2D eigenvalue weighted by Gasteiger charge is -2.44. The molecule has 0 fully saturated rings. The van der Waals surface area contributed by atoms with E-state index in [-0.39, 0.29) is 27.7 Å². The summed E-state index contributed by atoms with van der Waals surface area (Å²) in [5, 5.41) is 0. The molecule has 0 aromatic heterocycles. The Morgan fingerprint density at radius 3 is 1.25 bits per heavy atom. The molecule has 0 aliphatic carbocycles. The molecular weight excluding hydrogens is 1030 g/mol. The number of rotatable bonds is 42. The highest BCUT2D eigenvalue weighted by Crippen LogP contribution is 2.55. The highest BCUT2D eigenvalue weighted by Gasteiger charge is 2.46. The van der Waals surface area contributed by atoms with Crippen LogP contribution in [0.2, 0.25) is 0 Å². The van der Waals surface area contributed by atoms with Crippen LogP contribution >= 0.6 is 0 Å². The van der Waals surface area contributed by atoms with Crippen molar-refractivity contribution in [2.24, 2.45) is 0 Å². The molecule has 5 aromatic rings. The summed E-state index contributed by atoms with van der Waals surface area (Å²) in [7, 11) is -8.69. The molecule has 6 nitrogen and oxygen atoms in total. The van der Waals surface area contributed by atoms with Gasteiger partial charge in [-0.3, -0.25) is 0 Å². The summed E-state index contributed by atoms with van der Waals surface area (Å²) in [5.74, 6) is 0.0721. The van der Waals surface area contributed by atoms with Gasteiger partial charge in [-0.15, -0.1) is 0 Å². The van der Waals surface area contributed by atoms with E-state index in [9.17, 15) is 30.0 Å². The Kier molecular flexibility index (Phi) is 29.1. The van der Waals surface area contributed by atoms with Gasteiger partial charge in [0.1, 0.15) is 21.3 Å². The molecule has 0 radical (unpaired) electrons. The molecule has 2 unspecified atom stereocenters. The zero-order valence-corrected chi connectivity index (χ0v) is 49.9. The van der Waals surface area contributed by atoms with Crippen molar-refractivity contribution in [3.05, 3.63) is 155 Å². The minimum Gasteiger partial charge on any atom is -0.379 e. The first-order chi connectivity index (χ1) is 38.2. The number of alkyl halides is 3. The first-order valence-corrected chi connectivity index (χ1v) is 33.4. The van der Waals surface area contributed by atoms with Crippen LogP contribution in [0.1, 0.15) is 247 Å². The van der Waals surface area contributed by atoms with Gasteiger partial charge < -0.3 is 8.37 Å². The predicted octanol–water partition coefficient (Wildman–Crippen LogP) is 20.7. The first-order valence-electron chi connectivity index (χ1n) is 30.6. The topological polar surface area (TPSA) is 86.7 Å². The molecule has 0 N–H and O–H groups in total. The smallest absolute Gasteiger partial charge is 0.379 e. The Balaban J connectivity index is 1.75. The molecule has 5 aromatic carbocycles. The van der Waals surface area contributed by atoms with Crippen molar-refractivity contribution in [2.75, 3.05) is 0 Å². The number of benzene rings is 5. The SMILES string of the molecule is CCCCCCCCCc1ccc(C(CCCCCCCC)C(CCCCCCCCCC(F)(F)F)(c2ccccc2)c2ccc(CCCCCCCCC)cc2OS(=O)(=O)c2ccccc2)c(OS(=O)(=O)c2ccccc2)c1. The predicted molar refractivity (Wildman–Crippen MR) is 320 cm³/mol. The molecule has 11 heteroatoms. The summed E-state index contributed by atoms with van der Waals surface area (Å²) >= 11 is 0. The van der Waals surface area contributed by atoms with Crippen LogP contribution in [-0.4, -0.2) is 23.0 Å². The fourth-order valence-electron chi connectivity index (χ4n) is 11.5. The summed E-state index contributed by atoms with van der Waals surface area (Å²) < 4.78 is 111. The molecule has 2 atom stereocenters. The molecular formula is C68H95F3O6S2. The lowest BCUT2D eigenvalue weighted by atomic mass is 9.59. The average molecular weight is 1130 g/mol. The Labute approximate surface area is 476 Å². The van der Waals surface area contributed by atoms with Crippen molar-refractivity contribution in [1.29, 1.82) is 0 Å². The zero-order chi connectivity index (χ0) is 56.7. The Bertz CT molecular complexity index is 2660. The van der Waals surface area contributed by atoms with Crippen LogP contribution < -0.4 is 8.37 Å². The van der Waals surface area contributed by atoms with E-state index in [4.69, 9.17) is 8.37 Å². The molecule has 0 aliphatic rings. The standard InChI is InChI=1S/C68H95F3O6S2/c1-4-7-10-13-17-21-29-40-57-49-51-62(65(55-57)76-78(72,73)60-44-33-27-34-45-60)63(48-37-23-15-12-9-6-3)67(59-42-31-26-32-43-59,53-38-24-19-16-20-25-39-54-68(69,70)71)64-52-50-58(41-30-22-18-14-11-8-5-2)56-66(64)77-79(74,75)61-46-35-28-36-47-61/h26-28,31-36,42-47,49-52,55-56,63H,4-25,29-30,37-41,48,53-54H2,1-3H3. The fourth-order valence-corrected chi connectivity index (χ4v) is 13.4. The maximum Gasteiger partial charge on any atom is 0.389 e. The van der Waals surface area contributed by atoms with Gasteiger partial charge in [0, 0.05) is 28.9 Å². The van der Waals surface area contributed by atoms with E-state index in [0.29, 0.717) is 37.7 Å².